The van der Waals surface area contributed by atoms with Gasteiger partial charge in [-0.25, -0.2) is 24.0 Å². The van der Waals surface area contributed by atoms with Crippen LogP contribution in [0.5, 0.6) is 0 Å². The lowest BCUT2D eigenvalue weighted by molar-refractivity contribution is -0.210. The van der Waals surface area contributed by atoms with E-state index < -0.39 is 62.9 Å². The van der Waals surface area contributed by atoms with Crippen molar-refractivity contribution in [1.82, 2.24) is 19.1 Å². The van der Waals surface area contributed by atoms with Gasteiger partial charge in [-0.2, -0.15) is 0 Å². The molecule has 1 saturated carbocycles. The van der Waals surface area contributed by atoms with E-state index in [1.807, 2.05) is 0 Å². The van der Waals surface area contributed by atoms with Crippen LogP contribution in [0.25, 0.3) is 11.2 Å². The van der Waals surface area contributed by atoms with E-state index in [0.717, 1.165) is 13.8 Å². The molecule has 0 amide bonds. The number of esters is 2. The fourth-order valence-corrected chi connectivity index (χ4v) is 7.47. The second-order valence-electron chi connectivity index (χ2n) is 10.0. The molecule has 0 saturated heterocycles. The molecule has 45 heavy (non-hydrogen) atoms. The maximum absolute atomic E-state index is 13.5. The van der Waals surface area contributed by atoms with Crippen molar-refractivity contribution in [3.8, 4) is 0 Å². The molecule has 2 aromatic heterocycles. The average Bonchev–Trinajstić information content (AvgIpc) is 3.51. The number of carbonyl (C=O) groups is 2. The summed E-state index contributed by atoms with van der Waals surface area (Å²) in [6.45, 7) is -1.93. The summed E-state index contributed by atoms with van der Waals surface area (Å²) in [5.41, 5.74) is -0.297. The van der Waals surface area contributed by atoms with Gasteiger partial charge in [0, 0.05) is 31.2 Å². The van der Waals surface area contributed by atoms with Gasteiger partial charge in [-0.1, -0.05) is 18.2 Å². The summed E-state index contributed by atoms with van der Waals surface area (Å²) < 4.78 is 46.4. The first-order valence-electron chi connectivity index (χ1n) is 13.6. The minimum absolute atomic E-state index is 0.00358. The summed E-state index contributed by atoms with van der Waals surface area (Å²) in [5.74, 6) is -2.29. The fraction of sp³-hybridized carbons (Fsp3) is 0.480. The van der Waals surface area contributed by atoms with Crippen LogP contribution >= 0.6 is 26.0 Å². The Morgan fingerprint density at radius 2 is 1.69 bits per heavy atom. The summed E-state index contributed by atoms with van der Waals surface area (Å²) in [4.78, 5) is 79.6. The van der Waals surface area contributed by atoms with E-state index in [4.69, 9.17) is 19.0 Å². The molecule has 5 atom stereocenters. The third-order valence-electron chi connectivity index (χ3n) is 6.67. The SMILES string of the molecule is CC(=O)O[C@@H]1[C@@H](COP(=O)(O)O)C[C@@H](n2cnc3c(ncn3CCCCOOP(=O)(O)Sc3ccccc3)c2=O)[C@@H]1OC(C)=O. The van der Waals surface area contributed by atoms with Crippen molar-refractivity contribution < 1.29 is 57.0 Å². The molecular formula is C25H32N4O13P2S. The average molecular weight is 691 g/mol. The quantitative estimate of drug-likeness (QED) is 0.0685. The number of benzene rings is 1. The van der Waals surface area contributed by atoms with Gasteiger partial charge >= 0.3 is 26.6 Å². The zero-order chi connectivity index (χ0) is 32.8. The van der Waals surface area contributed by atoms with Crippen molar-refractivity contribution in [2.75, 3.05) is 13.2 Å². The molecule has 1 aromatic carbocycles. The third-order valence-corrected chi connectivity index (χ3v) is 9.67. The molecule has 1 fully saturated rings. The predicted molar refractivity (Wildman–Crippen MR) is 156 cm³/mol. The van der Waals surface area contributed by atoms with Crippen LogP contribution in [-0.4, -0.2) is 71.1 Å². The third kappa shape index (κ3) is 9.78. The molecule has 0 spiro atoms. The molecule has 0 radical (unpaired) electrons. The van der Waals surface area contributed by atoms with Crippen molar-refractivity contribution in [3.05, 3.63) is 53.3 Å². The summed E-state index contributed by atoms with van der Waals surface area (Å²) in [7, 11) is -4.88. The number of imidazole rings is 1. The maximum Gasteiger partial charge on any atom is 0.469 e. The Bertz CT molecular complexity index is 1650. The second-order valence-corrected chi connectivity index (χ2v) is 15.0. The topological polar surface area (TPSA) is 228 Å². The number of unbranched alkanes of at least 4 members (excludes halogenated alkanes) is 1. The molecule has 2 heterocycles. The van der Waals surface area contributed by atoms with Crippen LogP contribution in [0, 0.1) is 5.92 Å². The largest absolute Gasteiger partial charge is 0.469 e. The van der Waals surface area contributed by atoms with E-state index in [-0.39, 0.29) is 24.2 Å². The number of phosphoric ester groups is 1. The number of nitrogens with zero attached hydrogens (tertiary/aromatic N) is 4. The molecule has 1 aliphatic rings. The highest BCUT2D eigenvalue weighted by molar-refractivity contribution is 8.54. The zero-order valence-electron chi connectivity index (χ0n) is 24.1. The lowest BCUT2D eigenvalue weighted by Gasteiger charge is -2.26. The predicted octanol–water partition coefficient (Wildman–Crippen LogP) is 2.75. The minimum Gasteiger partial charge on any atom is -0.458 e. The number of ether oxygens (including phenoxy) is 2. The van der Waals surface area contributed by atoms with Crippen LogP contribution in [0.15, 0.2) is 52.7 Å². The number of aryl methyl sites for hydroxylation is 1. The highest BCUT2D eigenvalue weighted by Gasteiger charge is 2.49. The van der Waals surface area contributed by atoms with E-state index in [1.54, 1.807) is 34.9 Å². The number of rotatable bonds is 15. The summed E-state index contributed by atoms with van der Waals surface area (Å²) in [6, 6.07) is 7.66. The number of hydrogen-bond acceptors (Lipinski definition) is 13. The van der Waals surface area contributed by atoms with Gasteiger partial charge in [0.1, 0.15) is 12.4 Å². The number of phosphoric acid groups is 1. The first-order chi connectivity index (χ1) is 21.2. The van der Waals surface area contributed by atoms with E-state index in [2.05, 4.69) is 14.5 Å². The summed E-state index contributed by atoms with van der Waals surface area (Å²) >= 11 is 0.657. The van der Waals surface area contributed by atoms with E-state index in [9.17, 15) is 38.2 Å². The lowest BCUT2D eigenvalue weighted by Crippen LogP contribution is -2.40. The smallest absolute Gasteiger partial charge is 0.458 e. The first-order valence-corrected chi connectivity index (χ1v) is 18.1. The molecule has 4 rings (SSSR count). The fourth-order valence-electron chi connectivity index (χ4n) is 4.92. The molecule has 1 unspecified atom stereocenters. The normalized spacial score (nSPS) is 21.4. The summed E-state index contributed by atoms with van der Waals surface area (Å²) in [6.07, 6.45) is 1.27. The van der Waals surface area contributed by atoms with Gasteiger partial charge < -0.3 is 28.7 Å². The van der Waals surface area contributed by atoms with E-state index in [0.29, 0.717) is 35.7 Å². The molecule has 20 heteroatoms. The van der Waals surface area contributed by atoms with Crippen molar-refractivity contribution in [3.63, 3.8) is 0 Å². The highest BCUT2D eigenvalue weighted by Crippen LogP contribution is 2.59. The van der Waals surface area contributed by atoms with Gasteiger partial charge in [0.15, 0.2) is 17.3 Å². The van der Waals surface area contributed by atoms with Crippen molar-refractivity contribution >= 4 is 49.1 Å². The Kier molecular flexibility index (Phi) is 11.7. The molecular weight excluding hydrogens is 658 g/mol. The van der Waals surface area contributed by atoms with Gasteiger partial charge in [-0.3, -0.25) is 23.5 Å². The molecule has 0 aliphatic heterocycles. The molecule has 3 aromatic rings. The number of fused-ring (bicyclic) bond motifs is 1. The van der Waals surface area contributed by atoms with Gasteiger partial charge in [0.05, 0.1) is 25.6 Å². The van der Waals surface area contributed by atoms with Gasteiger partial charge in [-0.05, 0) is 42.8 Å². The Morgan fingerprint density at radius 3 is 2.36 bits per heavy atom. The van der Waals surface area contributed by atoms with Crippen molar-refractivity contribution in [2.24, 2.45) is 5.92 Å². The van der Waals surface area contributed by atoms with Gasteiger partial charge in [0.25, 0.3) is 5.56 Å². The monoisotopic (exact) mass is 690 g/mol. The highest BCUT2D eigenvalue weighted by atomic mass is 32.7. The van der Waals surface area contributed by atoms with Crippen LogP contribution < -0.4 is 5.56 Å². The lowest BCUT2D eigenvalue weighted by atomic mass is 10.1. The van der Waals surface area contributed by atoms with Gasteiger partial charge in [0.2, 0.25) is 0 Å². The van der Waals surface area contributed by atoms with Gasteiger partial charge in [-0.15, -0.1) is 4.67 Å². The standard InChI is InChI=1S/C25H32N4O13P2S/c1-16(30)40-22-18(13-39-43(33,34)35)12-20(23(22)41-17(2)31)29-15-27-24-21(25(29)32)26-14-28(24)10-6-7-11-38-42-44(36,37)45-19-8-4-3-5-9-19/h3-5,8-9,14-15,18,20,22-23H,6-7,10-13H2,1-2H3,(H,36,37)(H2,33,34,35)/t18-,20-,22-,23+/m1/s1. The number of hydrogen-bond donors (Lipinski definition) is 3. The van der Waals surface area contributed by atoms with Crippen LogP contribution in [0.4, 0.5) is 0 Å². The molecule has 246 valence electrons. The minimum atomic E-state index is -4.88. The van der Waals surface area contributed by atoms with Crippen LogP contribution in [-0.2, 0) is 48.8 Å². The molecule has 3 N–H and O–H groups in total. The zero-order valence-corrected chi connectivity index (χ0v) is 26.7. The molecule has 1 aliphatic carbocycles. The van der Waals surface area contributed by atoms with Crippen molar-refractivity contribution in [1.29, 1.82) is 0 Å². The second kappa shape index (κ2) is 15.1. The van der Waals surface area contributed by atoms with Crippen LogP contribution in [0.1, 0.15) is 39.2 Å². The Labute approximate surface area is 260 Å². The summed E-state index contributed by atoms with van der Waals surface area (Å²) in [5, 5.41) is 0. The van der Waals surface area contributed by atoms with Crippen LogP contribution in [0.3, 0.4) is 0 Å². The first kappa shape index (κ1) is 34.9. The maximum atomic E-state index is 13.5. The number of aromatic nitrogens is 4. The molecule has 0 bridgehead atoms. The Hall–Kier alpha value is -2.92. The van der Waals surface area contributed by atoms with Crippen LogP contribution in [0.2, 0.25) is 0 Å². The van der Waals surface area contributed by atoms with Crippen molar-refractivity contribution in [2.45, 2.75) is 62.8 Å². The van der Waals surface area contributed by atoms with E-state index in [1.165, 1.54) is 17.2 Å². The number of carbonyl (C=O) groups excluding carboxylic acids is 2. The van der Waals surface area contributed by atoms with E-state index >= 15 is 0 Å². The molecule has 17 nitrogen and oxygen atoms in total. The Morgan fingerprint density at radius 1 is 1.00 bits per heavy atom. The Balaban J connectivity index is 1.41.